The highest BCUT2D eigenvalue weighted by Gasteiger charge is 2.32. The number of rotatable bonds is 11. The van der Waals surface area contributed by atoms with Gasteiger partial charge in [-0.1, -0.05) is 30.3 Å². The first kappa shape index (κ1) is 27.1. The average molecular weight is 517 g/mol. The maximum absolute atomic E-state index is 12.4. The van der Waals surface area contributed by atoms with Gasteiger partial charge in [-0.25, -0.2) is 4.79 Å². The van der Waals surface area contributed by atoms with Gasteiger partial charge in [-0.05, 0) is 82.5 Å². The largest absolute Gasteiger partial charge is 0.476 e. The lowest BCUT2D eigenvalue weighted by Crippen LogP contribution is -2.40. The fourth-order valence-electron chi connectivity index (χ4n) is 4.39. The number of carbonyl (C=O) groups excluding carboxylic acids is 1. The van der Waals surface area contributed by atoms with Gasteiger partial charge in [-0.2, -0.15) is 15.0 Å². The Balaban J connectivity index is 1.57. The molecule has 0 spiro atoms. The highest BCUT2D eigenvalue weighted by atomic mass is 16.6. The molecule has 0 unspecified atom stereocenters. The Labute approximate surface area is 224 Å². The Kier molecular flexibility index (Phi) is 8.32. The number of carbonyl (C=O) groups is 1. The van der Waals surface area contributed by atoms with E-state index in [1.165, 1.54) is 0 Å². The molecule has 0 aliphatic heterocycles. The molecular weight excluding hydrogens is 480 g/mol. The van der Waals surface area contributed by atoms with Crippen LogP contribution in [-0.4, -0.2) is 38.1 Å². The van der Waals surface area contributed by atoms with Crippen LogP contribution < -0.4 is 4.74 Å². The number of nitrogens with zero attached hydrogens (tertiary/aromatic N) is 4. The number of aryl methyl sites for hydroxylation is 3. The van der Waals surface area contributed by atoms with Gasteiger partial charge in [-0.3, -0.25) is 4.90 Å². The van der Waals surface area contributed by atoms with E-state index < -0.39 is 5.60 Å². The predicted octanol–water partition coefficient (Wildman–Crippen LogP) is 5.71. The van der Waals surface area contributed by atoms with Crippen LogP contribution in [0.5, 0.6) is 5.75 Å². The molecule has 0 saturated heterocycles. The summed E-state index contributed by atoms with van der Waals surface area (Å²) < 4.78 is 17.0. The third-order valence-corrected chi connectivity index (χ3v) is 6.25. The number of furan rings is 1. The van der Waals surface area contributed by atoms with Gasteiger partial charge in [-0.15, -0.1) is 0 Å². The zero-order chi connectivity index (χ0) is 27.3. The van der Waals surface area contributed by atoms with Crippen LogP contribution in [0.1, 0.15) is 54.6 Å². The Hall–Kier alpha value is -3.91. The van der Waals surface area contributed by atoms with Crippen molar-refractivity contribution >= 4 is 5.97 Å². The lowest BCUT2D eigenvalue weighted by atomic mass is 10.0. The summed E-state index contributed by atoms with van der Waals surface area (Å²) >= 11 is 0. The summed E-state index contributed by atoms with van der Waals surface area (Å²) in [5.74, 6) is 1.19. The summed E-state index contributed by atoms with van der Waals surface area (Å²) in [6.45, 7) is 13.4. The van der Waals surface area contributed by atoms with E-state index in [-0.39, 0.29) is 5.97 Å². The lowest BCUT2D eigenvalue weighted by Gasteiger charge is -2.27. The number of ether oxygens (including phenoxy) is 2. The minimum absolute atomic E-state index is 0.312. The van der Waals surface area contributed by atoms with E-state index in [0.717, 1.165) is 39.5 Å². The van der Waals surface area contributed by atoms with E-state index in [9.17, 15) is 4.79 Å². The second kappa shape index (κ2) is 11.6. The highest BCUT2D eigenvalue weighted by molar-refractivity contribution is 5.79. The summed E-state index contributed by atoms with van der Waals surface area (Å²) in [5.41, 5.74) is 4.68. The van der Waals surface area contributed by atoms with E-state index in [1.54, 1.807) is 31.8 Å². The van der Waals surface area contributed by atoms with Gasteiger partial charge in [0.2, 0.25) is 0 Å². The maximum atomic E-state index is 12.4. The first-order valence-electron chi connectivity index (χ1n) is 12.9. The number of benzene rings is 2. The van der Waals surface area contributed by atoms with Crippen molar-refractivity contribution in [3.8, 4) is 11.4 Å². The molecule has 200 valence electrons. The van der Waals surface area contributed by atoms with Crippen LogP contribution in [0.4, 0.5) is 0 Å². The Bertz CT molecular complexity index is 1340. The van der Waals surface area contributed by atoms with Crippen molar-refractivity contribution in [2.24, 2.45) is 0 Å². The first-order chi connectivity index (χ1) is 18.2. The van der Waals surface area contributed by atoms with E-state index >= 15 is 0 Å². The van der Waals surface area contributed by atoms with Gasteiger partial charge in [0.15, 0.2) is 5.60 Å². The Morgan fingerprint density at radius 3 is 2.32 bits per heavy atom. The summed E-state index contributed by atoms with van der Waals surface area (Å²) in [6.07, 6.45) is 1.69. The number of hydrogen-bond acceptors (Lipinski definition) is 7. The first-order valence-corrected chi connectivity index (χ1v) is 12.9. The fraction of sp³-hybridized carbons (Fsp3) is 0.367. The number of esters is 1. The second-order valence-electron chi connectivity index (χ2n) is 9.97. The molecule has 0 atom stereocenters. The molecule has 2 aromatic carbocycles. The molecule has 0 radical (unpaired) electrons. The molecule has 4 aromatic rings. The maximum Gasteiger partial charge on any atom is 0.349 e. The fourth-order valence-corrected chi connectivity index (χ4v) is 4.39. The average Bonchev–Trinajstić information content (AvgIpc) is 3.52. The quantitative estimate of drug-likeness (QED) is 0.236. The zero-order valence-electron chi connectivity index (χ0n) is 23.0. The summed E-state index contributed by atoms with van der Waals surface area (Å²) in [5, 5.41) is 9.42. The van der Waals surface area contributed by atoms with Crippen LogP contribution >= 0.6 is 0 Å². The van der Waals surface area contributed by atoms with Gasteiger partial charge >= 0.3 is 5.97 Å². The van der Waals surface area contributed by atoms with Gasteiger partial charge in [0.1, 0.15) is 17.2 Å². The Morgan fingerprint density at radius 1 is 0.974 bits per heavy atom. The van der Waals surface area contributed by atoms with Crippen molar-refractivity contribution in [2.45, 2.75) is 66.8 Å². The van der Waals surface area contributed by atoms with E-state index in [4.69, 9.17) is 19.0 Å². The van der Waals surface area contributed by atoms with Crippen LogP contribution in [-0.2, 0) is 29.2 Å². The van der Waals surface area contributed by atoms with Gasteiger partial charge in [0.05, 0.1) is 30.8 Å². The molecule has 0 aliphatic rings. The lowest BCUT2D eigenvalue weighted by molar-refractivity contribution is -0.158. The van der Waals surface area contributed by atoms with Crippen molar-refractivity contribution in [3.63, 3.8) is 0 Å². The molecule has 0 saturated carbocycles. The molecule has 8 heteroatoms. The topological polar surface area (TPSA) is 82.6 Å². The van der Waals surface area contributed by atoms with Crippen LogP contribution in [0.15, 0.2) is 65.3 Å². The molecule has 0 bridgehead atoms. The van der Waals surface area contributed by atoms with E-state index in [2.05, 4.69) is 22.1 Å². The van der Waals surface area contributed by atoms with Gasteiger partial charge in [0, 0.05) is 13.1 Å². The molecule has 0 fully saturated rings. The van der Waals surface area contributed by atoms with Crippen LogP contribution in [0, 0.1) is 20.8 Å². The van der Waals surface area contributed by atoms with Crippen LogP contribution in [0.2, 0.25) is 0 Å². The number of aromatic nitrogens is 3. The van der Waals surface area contributed by atoms with Crippen molar-refractivity contribution in [1.29, 1.82) is 0 Å². The minimum Gasteiger partial charge on any atom is -0.476 e. The highest BCUT2D eigenvalue weighted by Crippen LogP contribution is 2.30. The van der Waals surface area contributed by atoms with E-state index in [1.807, 2.05) is 63.2 Å². The second-order valence-corrected chi connectivity index (χ2v) is 9.97. The summed E-state index contributed by atoms with van der Waals surface area (Å²) in [6, 6.07) is 18.0. The number of para-hydroxylation sites is 1. The normalized spacial score (nSPS) is 11.7. The molecule has 2 heterocycles. The number of hydrogen-bond donors (Lipinski definition) is 0. The van der Waals surface area contributed by atoms with Crippen LogP contribution in [0.25, 0.3) is 5.69 Å². The van der Waals surface area contributed by atoms with Crippen molar-refractivity contribution < 1.29 is 18.7 Å². The molecule has 0 N–H and O–H groups in total. The van der Waals surface area contributed by atoms with Crippen LogP contribution in [0.3, 0.4) is 0 Å². The third-order valence-electron chi connectivity index (χ3n) is 6.25. The molecule has 0 aliphatic carbocycles. The van der Waals surface area contributed by atoms with Gasteiger partial charge in [0.25, 0.3) is 0 Å². The summed E-state index contributed by atoms with van der Waals surface area (Å²) in [7, 11) is 0. The molecule has 0 amide bonds. The van der Waals surface area contributed by atoms with Crippen molar-refractivity contribution in [1.82, 2.24) is 19.9 Å². The molecule has 2 aromatic heterocycles. The third kappa shape index (κ3) is 6.50. The predicted molar refractivity (Wildman–Crippen MR) is 145 cm³/mol. The summed E-state index contributed by atoms with van der Waals surface area (Å²) in [4.78, 5) is 16.3. The van der Waals surface area contributed by atoms with Crippen molar-refractivity contribution in [2.75, 3.05) is 6.61 Å². The zero-order valence-corrected chi connectivity index (χ0v) is 23.0. The molecule has 8 nitrogen and oxygen atoms in total. The van der Waals surface area contributed by atoms with Gasteiger partial charge < -0.3 is 13.9 Å². The molecule has 38 heavy (non-hydrogen) atoms. The standard InChI is InChI=1S/C30H36N4O4/c1-7-36-29(35)30(5,6)38-28-21(2)16-24(17-22(28)3)18-33(19-26-14-11-15-37-26)20-27-23(4)31-34(32-27)25-12-9-8-10-13-25/h8-17H,7,18-20H2,1-6H3. The molecular formula is C30H36N4O4. The monoisotopic (exact) mass is 516 g/mol. The smallest absolute Gasteiger partial charge is 0.349 e. The Morgan fingerprint density at radius 2 is 1.68 bits per heavy atom. The SMILES string of the molecule is CCOC(=O)C(C)(C)Oc1c(C)cc(CN(Cc2ccco2)Cc2nn(-c3ccccc3)nc2C)cc1C. The van der Waals surface area contributed by atoms with Crippen molar-refractivity contribution in [3.05, 3.63) is 94.7 Å². The molecule has 4 rings (SSSR count). The van der Waals surface area contributed by atoms with E-state index in [0.29, 0.717) is 32.0 Å². The minimum atomic E-state index is -1.08.